The number of ether oxygens (including phenoxy) is 1. The van der Waals surface area contributed by atoms with Gasteiger partial charge in [0, 0.05) is 18.6 Å². The molecule has 2 unspecified atom stereocenters. The zero-order chi connectivity index (χ0) is 11.9. The second-order valence-corrected chi connectivity index (χ2v) is 5.81. The third-order valence-corrected chi connectivity index (χ3v) is 4.71. The van der Waals surface area contributed by atoms with Crippen molar-refractivity contribution in [2.45, 2.75) is 50.6 Å². The van der Waals surface area contributed by atoms with Crippen LogP contribution in [0.1, 0.15) is 39.0 Å². The summed E-state index contributed by atoms with van der Waals surface area (Å²) in [4.78, 5) is 14.7. The third kappa shape index (κ3) is 1.78. The van der Waals surface area contributed by atoms with Crippen molar-refractivity contribution < 1.29 is 9.53 Å². The smallest absolute Gasteiger partial charge is 0.244 e. The fraction of sp³-hybridized carbons (Fsp3) is 0.923. The molecule has 1 N–H and O–H groups in total. The van der Waals surface area contributed by atoms with Gasteiger partial charge in [0.1, 0.15) is 0 Å². The van der Waals surface area contributed by atoms with E-state index in [0.29, 0.717) is 17.9 Å². The molecule has 0 bridgehead atoms. The highest BCUT2D eigenvalue weighted by molar-refractivity contribution is 5.89. The Labute approximate surface area is 103 Å². The molecule has 1 saturated carbocycles. The summed E-state index contributed by atoms with van der Waals surface area (Å²) in [6.45, 7) is 4.53. The van der Waals surface area contributed by atoms with Crippen molar-refractivity contribution in [2.75, 3.05) is 19.9 Å². The monoisotopic (exact) mass is 238 g/mol. The van der Waals surface area contributed by atoms with Gasteiger partial charge in [0.15, 0.2) is 0 Å². The molecular formula is C13H22N2O2. The third-order valence-electron chi connectivity index (χ3n) is 4.71. The normalized spacial score (nSPS) is 37.0. The van der Waals surface area contributed by atoms with Crippen molar-refractivity contribution in [3.63, 3.8) is 0 Å². The van der Waals surface area contributed by atoms with E-state index in [9.17, 15) is 4.79 Å². The van der Waals surface area contributed by atoms with Gasteiger partial charge in [-0.05, 0) is 19.3 Å². The lowest BCUT2D eigenvalue weighted by Crippen LogP contribution is -2.49. The minimum absolute atomic E-state index is 0.196. The van der Waals surface area contributed by atoms with Gasteiger partial charge in [-0.25, -0.2) is 0 Å². The van der Waals surface area contributed by atoms with Crippen LogP contribution in [0, 0.1) is 5.92 Å². The van der Waals surface area contributed by atoms with Gasteiger partial charge in [0.05, 0.1) is 18.8 Å². The molecule has 0 aromatic rings. The Balaban J connectivity index is 1.74. The van der Waals surface area contributed by atoms with E-state index in [-0.39, 0.29) is 5.54 Å². The van der Waals surface area contributed by atoms with Crippen molar-refractivity contribution >= 4 is 5.91 Å². The largest absolute Gasteiger partial charge is 0.381 e. The van der Waals surface area contributed by atoms with Crippen molar-refractivity contribution in [3.05, 3.63) is 0 Å². The van der Waals surface area contributed by atoms with E-state index in [1.165, 1.54) is 12.8 Å². The lowest BCUT2D eigenvalue weighted by Gasteiger charge is -2.36. The molecule has 0 aromatic heterocycles. The summed E-state index contributed by atoms with van der Waals surface area (Å²) in [6.07, 6.45) is 5.43. The minimum Gasteiger partial charge on any atom is -0.381 e. The lowest BCUT2D eigenvalue weighted by atomic mass is 9.93. The van der Waals surface area contributed by atoms with Crippen LogP contribution in [0.25, 0.3) is 0 Å². The maximum atomic E-state index is 12.6. The molecule has 3 fully saturated rings. The molecule has 2 saturated heterocycles. The SMILES string of the molecule is CC1COCCC1N1CNC2(CCCC2)C1=O. The van der Waals surface area contributed by atoms with Gasteiger partial charge in [-0.15, -0.1) is 0 Å². The van der Waals surface area contributed by atoms with Crippen LogP contribution >= 0.6 is 0 Å². The quantitative estimate of drug-likeness (QED) is 0.744. The van der Waals surface area contributed by atoms with Crippen molar-refractivity contribution in [1.82, 2.24) is 10.2 Å². The van der Waals surface area contributed by atoms with E-state index in [1.807, 2.05) is 0 Å². The van der Waals surface area contributed by atoms with Gasteiger partial charge in [-0.1, -0.05) is 19.8 Å². The number of carbonyl (C=O) groups excluding carboxylic acids is 1. The number of hydrogen-bond donors (Lipinski definition) is 1. The highest BCUT2D eigenvalue weighted by Gasteiger charge is 2.50. The summed E-state index contributed by atoms with van der Waals surface area (Å²) in [6, 6.07) is 0.378. The Morgan fingerprint density at radius 2 is 2.18 bits per heavy atom. The molecule has 96 valence electrons. The Kier molecular flexibility index (Phi) is 2.87. The Morgan fingerprint density at radius 1 is 1.41 bits per heavy atom. The predicted molar refractivity (Wildman–Crippen MR) is 64.4 cm³/mol. The predicted octanol–water partition coefficient (Wildman–Crippen LogP) is 1.11. The zero-order valence-electron chi connectivity index (χ0n) is 10.6. The highest BCUT2D eigenvalue weighted by atomic mass is 16.5. The molecule has 2 atom stereocenters. The molecule has 0 radical (unpaired) electrons. The fourth-order valence-corrected chi connectivity index (χ4v) is 3.63. The highest BCUT2D eigenvalue weighted by Crippen LogP contribution is 2.36. The molecule has 2 aliphatic heterocycles. The van der Waals surface area contributed by atoms with Crippen LogP contribution in [-0.2, 0) is 9.53 Å². The molecule has 3 aliphatic rings. The second kappa shape index (κ2) is 4.25. The molecule has 1 aliphatic carbocycles. The number of hydrogen-bond acceptors (Lipinski definition) is 3. The molecule has 2 heterocycles. The molecule has 1 amide bonds. The van der Waals surface area contributed by atoms with Crippen LogP contribution in [0.2, 0.25) is 0 Å². The van der Waals surface area contributed by atoms with Crippen molar-refractivity contribution in [1.29, 1.82) is 0 Å². The van der Waals surface area contributed by atoms with Gasteiger partial charge in [0.25, 0.3) is 0 Å². The Bertz CT molecular complexity index is 313. The molecule has 17 heavy (non-hydrogen) atoms. The van der Waals surface area contributed by atoms with E-state index in [4.69, 9.17) is 4.74 Å². The molecule has 4 heteroatoms. The first-order valence-electron chi connectivity index (χ1n) is 6.87. The zero-order valence-corrected chi connectivity index (χ0v) is 10.6. The number of rotatable bonds is 1. The first-order chi connectivity index (χ1) is 8.23. The first kappa shape index (κ1) is 11.5. The summed E-state index contributed by atoms with van der Waals surface area (Å²) in [5.41, 5.74) is -0.196. The summed E-state index contributed by atoms with van der Waals surface area (Å²) >= 11 is 0. The maximum Gasteiger partial charge on any atom is 0.244 e. The van der Waals surface area contributed by atoms with Gasteiger partial charge in [-0.3, -0.25) is 10.1 Å². The standard InChI is InChI=1S/C13H22N2O2/c1-10-8-17-7-4-11(10)15-9-14-13(12(15)16)5-2-3-6-13/h10-11,14H,2-9H2,1H3. The van der Waals surface area contributed by atoms with E-state index in [2.05, 4.69) is 17.1 Å². The van der Waals surface area contributed by atoms with E-state index >= 15 is 0 Å². The van der Waals surface area contributed by atoms with E-state index < -0.39 is 0 Å². The molecule has 3 rings (SSSR count). The average Bonchev–Trinajstić information content (AvgIpc) is 2.92. The molecule has 1 spiro atoms. The number of carbonyl (C=O) groups is 1. The number of nitrogens with one attached hydrogen (secondary N) is 1. The van der Waals surface area contributed by atoms with Gasteiger partial charge in [0.2, 0.25) is 5.91 Å². The van der Waals surface area contributed by atoms with Crippen molar-refractivity contribution in [2.24, 2.45) is 5.92 Å². The lowest BCUT2D eigenvalue weighted by molar-refractivity contribution is -0.137. The summed E-state index contributed by atoms with van der Waals surface area (Å²) in [7, 11) is 0. The van der Waals surface area contributed by atoms with E-state index in [1.54, 1.807) is 0 Å². The number of amides is 1. The molecule has 0 aromatic carbocycles. The van der Waals surface area contributed by atoms with Crippen LogP contribution in [0.4, 0.5) is 0 Å². The fourth-order valence-electron chi connectivity index (χ4n) is 3.63. The maximum absolute atomic E-state index is 12.6. The van der Waals surface area contributed by atoms with Crippen molar-refractivity contribution in [3.8, 4) is 0 Å². The molecule has 4 nitrogen and oxygen atoms in total. The van der Waals surface area contributed by atoms with Crippen LogP contribution in [0.15, 0.2) is 0 Å². The number of nitrogens with zero attached hydrogens (tertiary/aromatic N) is 1. The van der Waals surface area contributed by atoms with Crippen LogP contribution in [0.5, 0.6) is 0 Å². The average molecular weight is 238 g/mol. The summed E-state index contributed by atoms with van der Waals surface area (Å²) in [5, 5.41) is 3.49. The minimum atomic E-state index is -0.196. The topological polar surface area (TPSA) is 41.6 Å². The summed E-state index contributed by atoms with van der Waals surface area (Å²) in [5.74, 6) is 0.819. The van der Waals surface area contributed by atoms with Crippen LogP contribution in [-0.4, -0.2) is 42.3 Å². The van der Waals surface area contributed by atoms with Gasteiger partial charge < -0.3 is 9.64 Å². The van der Waals surface area contributed by atoms with Crippen LogP contribution in [0.3, 0.4) is 0 Å². The Hall–Kier alpha value is -0.610. The second-order valence-electron chi connectivity index (χ2n) is 5.81. The van der Waals surface area contributed by atoms with Gasteiger partial charge >= 0.3 is 0 Å². The Morgan fingerprint density at radius 3 is 2.88 bits per heavy atom. The molecular weight excluding hydrogens is 216 g/mol. The first-order valence-corrected chi connectivity index (χ1v) is 6.87. The van der Waals surface area contributed by atoms with E-state index in [0.717, 1.165) is 39.1 Å². The van der Waals surface area contributed by atoms with Crippen LogP contribution < -0.4 is 5.32 Å². The van der Waals surface area contributed by atoms with Gasteiger partial charge in [-0.2, -0.15) is 0 Å². The summed E-state index contributed by atoms with van der Waals surface area (Å²) < 4.78 is 5.47.